The topological polar surface area (TPSA) is 24.4 Å². The van der Waals surface area contributed by atoms with E-state index in [-0.39, 0.29) is 0 Å². The van der Waals surface area contributed by atoms with Gasteiger partial charge in [0.2, 0.25) is 0 Å². The molecular weight excluding hydrogens is 172 g/mol. The predicted octanol–water partition coefficient (Wildman–Crippen LogP) is 2.59. The maximum Gasteiger partial charge on any atom is 0.0965 e. The molecule has 1 N–H and O–H groups in total. The third-order valence-corrected chi connectivity index (χ3v) is 3.94. The van der Waals surface area contributed by atoms with E-state index in [2.05, 4.69) is 24.2 Å². The van der Waals surface area contributed by atoms with Crippen molar-refractivity contribution in [3.63, 3.8) is 0 Å². The van der Waals surface area contributed by atoms with E-state index in [1.54, 1.807) is 0 Å². The van der Waals surface area contributed by atoms with Crippen LogP contribution in [0.4, 0.5) is 0 Å². The third-order valence-electron chi connectivity index (χ3n) is 3.94. The number of nitrogens with one attached hydrogen (secondary N) is 1. The molecule has 0 aromatic heterocycles. The molecule has 3 unspecified atom stereocenters. The molecule has 14 heavy (non-hydrogen) atoms. The second kappa shape index (κ2) is 4.33. The number of hydrogen-bond acceptors (Lipinski definition) is 2. The number of rotatable bonds is 1. The minimum Gasteiger partial charge on any atom is -0.371 e. The Balaban J connectivity index is 1.88. The van der Waals surface area contributed by atoms with Crippen LogP contribution in [0, 0.1) is 11.8 Å². The van der Waals surface area contributed by atoms with Crippen molar-refractivity contribution >= 4 is 5.84 Å². The van der Waals surface area contributed by atoms with Crippen LogP contribution < -0.4 is 5.32 Å². The van der Waals surface area contributed by atoms with Crippen LogP contribution in [0.25, 0.3) is 0 Å². The van der Waals surface area contributed by atoms with E-state index >= 15 is 0 Å². The fourth-order valence-electron chi connectivity index (χ4n) is 2.60. The van der Waals surface area contributed by atoms with Gasteiger partial charge in [0.1, 0.15) is 0 Å². The maximum atomic E-state index is 4.56. The summed E-state index contributed by atoms with van der Waals surface area (Å²) in [6.07, 6.45) is 6.50. The standard InChI is InChI=1S/C12H22N2/c1-9-6-7-11(10(9)2)14-12-5-3-4-8-13-12/h9-11H,3-8H2,1-2H3,(H,13,14). The summed E-state index contributed by atoms with van der Waals surface area (Å²) in [6, 6.07) is 0.696. The first-order chi connectivity index (χ1) is 6.77. The van der Waals surface area contributed by atoms with Gasteiger partial charge in [-0.2, -0.15) is 0 Å². The van der Waals surface area contributed by atoms with Crippen LogP contribution in [-0.2, 0) is 0 Å². The summed E-state index contributed by atoms with van der Waals surface area (Å²) in [5, 5.41) is 3.65. The molecule has 1 aliphatic heterocycles. The van der Waals surface area contributed by atoms with E-state index in [1.165, 1.54) is 37.9 Å². The molecule has 0 saturated heterocycles. The molecule has 2 aliphatic rings. The molecule has 1 heterocycles. The van der Waals surface area contributed by atoms with Gasteiger partial charge in [0.15, 0.2) is 0 Å². The molecule has 2 nitrogen and oxygen atoms in total. The van der Waals surface area contributed by atoms with Gasteiger partial charge in [0.25, 0.3) is 0 Å². The molecule has 0 aromatic carbocycles. The quantitative estimate of drug-likeness (QED) is 0.681. The van der Waals surface area contributed by atoms with Gasteiger partial charge in [0.05, 0.1) is 5.84 Å². The Hall–Kier alpha value is -0.530. The molecule has 0 aromatic rings. The van der Waals surface area contributed by atoms with Crippen LogP contribution in [0.3, 0.4) is 0 Å². The molecule has 0 spiro atoms. The van der Waals surface area contributed by atoms with Gasteiger partial charge in [-0.05, 0) is 37.5 Å². The normalized spacial score (nSPS) is 38.1. The van der Waals surface area contributed by atoms with Crippen molar-refractivity contribution in [2.24, 2.45) is 16.8 Å². The summed E-state index contributed by atoms with van der Waals surface area (Å²) >= 11 is 0. The number of aliphatic imine (C=N–C) groups is 1. The van der Waals surface area contributed by atoms with Crippen LogP contribution >= 0.6 is 0 Å². The zero-order chi connectivity index (χ0) is 9.97. The Kier molecular flexibility index (Phi) is 3.09. The molecule has 2 rings (SSSR count). The van der Waals surface area contributed by atoms with E-state index in [4.69, 9.17) is 0 Å². The van der Waals surface area contributed by atoms with Crippen molar-refractivity contribution in [2.45, 2.75) is 52.0 Å². The van der Waals surface area contributed by atoms with E-state index in [1.807, 2.05) is 0 Å². The smallest absolute Gasteiger partial charge is 0.0965 e. The lowest BCUT2D eigenvalue weighted by Gasteiger charge is -2.23. The van der Waals surface area contributed by atoms with Crippen molar-refractivity contribution in [1.29, 1.82) is 0 Å². The lowest BCUT2D eigenvalue weighted by Crippen LogP contribution is -2.38. The first kappa shape index (κ1) is 10.0. The number of nitrogens with zero attached hydrogens (tertiary/aromatic N) is 1. The predicted molar refractivity (Wildman–Crippen MR) is 60.6 cm³/mol. The van der Waals surface area contributed by atoms with E-state index in [9.17, 15) is 0 Å². The molecular formula is C12H22N2. The molecule has 0 amide bonds. The van der Waals surface area contributed by atoms with Gasteiger partial charge in [-0.15, -0.1) is 0 Å². The molecule has 0 bridgehead atoms. The maximum absolute atomic E-state index is 4.56. The molecule has 3 atom stereocenters. The minimum atomic E-state index is 0.696. The Morgan fingerprint density at radius 3 is 2.64 bits per heavy atom. The average Bonchev–Trinajstić information content (AvgIpc) is 2.52. The SMILES string of the molecule is CC1CCC(NC2=NCCCC2)C1C. The van der Waals surface area contributed by atoms with Gasteiger partial charge < -0.3 is 5.32 Å². The molecule has 1 fully saturated rings. The molecule has 2 heteroatoms. The van der Waals surface area contributed by atoms with E-state index < -0.39 is 0 Å². The van der Waals surface area contributed by atoms with Gasteiger partial charge in [0, 0.05) is 19.0 Å². The van der Waals surface area contributed by atoms with Crippen molar-refractivity contribution in [3.8, 4) is 0 Å². The highest BCUT2D eigenvalue weighted by atomic mass is 15.0. The summed E-state index contributed by atoms with van der Waals surface area (Å²) in [7, 11) is 0. The summed E-state index contributed by atoms with van der Waals surface area (Å²) in [6.45, 7) is 5.78. The van der Waals surface area contributed by atoms with Gasteiger partial charge in [-0.3, -0.25) is 4.99 Å². The minimum absolute atomic E-state index is 0.696. The van der Waals surface area contributed by atoms with Gasteiger partial charge in [-0.25, -0.2) is 0 Å². The second-order valence-electron chi connectivity index (χ2n) is 4.95. The van der Waals surface area contributed by atoms with Gasteiger partial charge >= 0.3 is 0 Å². The highest BCUT2D eigenvalue weighted by Crippen LogP contribution is 2.31. The van der Waals surface area contributed by atoms with Crippen LogP contribution in [0.5, 0.6) is 0 Å². The van der Waals surface area contributed by atoms with E-state index in [0.29, 0.717) is 6.04 Å². The van der Waals surface area contributed by atoms with Crippen LogP contribution in [0.1, 0.15) is 46.0 Å². The molecule has 0 radical (unpaired) electrons. The number of amidine groups is 1. The Bertz CT molecular complexity index is 222. The van der Waals surface area contributed by atoms with Crippen LogP contribution in [0.15, 0.2) is 4.99 Å². The summed E-state index contributed by atoms with van der Waals surface area (Å²) in [5.74, 6) is 2.98. The zero-order valence-corrected chi connectivity index (χ0v) is 9.42. The Morgan fingerprint density at radius 1 is 1.21 bits per heavy atom. The fourth-order valence-corrected chi connectivity index (χ4v) is 2.60. The summed E-state index contributed by atoms with van der Waals surface area (Å²) < 4.78 is 0. The Morgan fingerprint density at radius 2 is 2.07 bits per heavy atom. The summed E-state index contributed by atoms with van der Waals surface area (Å²) in [5.41, 5.74) is 0. The first-order valence-corrected chi connectivity index (χ1v) is 6.07. The first-order valence-electron chi connectivity index (χ1n) is 6.07. The van der Waals surface area contributed by atoms with Gasteiger partial charge in [-0.1, -0.05) is 13.8 Å². The third kappa shape index (κ3) is 2.10. The molecule has 1 aliphatic carbocycles. The molecule has 80 valence electrons. The van der Waals surface area contributed by atoms with E-state index in [0.717, 1.165) is 18.4 Å². The zero-order valence-electron chi connectivity index (χ0n) is 9.42. The van der Waals surface area contributed by atoms with Crippen molar-refractivity contribution in [2.75, 3.05) is 6.54 Å². The summed E-state index contributed by atoms with van der Waals surface area (Å²) in [4.78, 5) is 4.56. The fraction of sp³-hybridized carbons (Fsp3) is 0.917. The lowest BCUT2D eigenvalue weighted by atomic mass is 9.97. The average molecular weight is 194 g/mol. The number of hydrogen-bond donors (Lipinski definition) is 1. The highest BCUT2D eigenvalue weighted by molar-refractivity contribution is 5.82. The highest BCUT2D eigenvalue weighted by Gasteiger charge is 2.30. The van der Waals surface area contributed by atoms with Crippen molar-refractivity contribution in [1.82, 2.24) is 5.32 Å². The Labute approximate surface area is 87.2 Å². The molecule has 1 saturated carbocycles. The van der Waals surface area contributed by atoms with Crippen LogP contribution in [0.2, 0.25) is 0 Å². The monoisotopic (exact) mass is 194 g/mol. The van der Waals surface area contributed by atoms with Crippen LogP contribution in [-0.4, -0.2) is 18.4 Å². The lowest BCUT2D eigenvalue weighted by molar-refractivity contribution is 0.400. The largest absolute Gasteiger partial charge is 0.371 e. The second-order valence-corrected chi connectivity index (χ2v) is 4.95. The van der Waals surface area contributed by atoms with Crippen molar-refractivity contribution < 1.29 is 0 Å². The van der Waals surface area contributed by atoms with Crippen molar-refractivity contribution in [3.05, 3.63) is 0 Å².